The molecule has 0 radical (unpaired) electrons. The molecule has 0 amide bonds. The average molecular weight is 293 g/mol. The van der Waals surface area contributed by atoms with Crippen LogP contribution >= 0.6 is 11.6 Å². The third-order valence-corrected chi connectivity index (χ3v) is 3.55. The second kappa shape index (κ2) is 6.87. The molecule has 1 nitrogen and oxygen atoms in total. The molecule has 0 bridgehead atoms. The first-order valence-corrected chi connectivity index (χ1v) is 7.10. The zero-order valence-corrected chi connectivity index (χ0v) is 12.2. The highest BCUT2D eigenvalue weighted by Crippen LogP contribution is 2.17. The van der Waals surface area contributed by atoms with Gasteiger partial charge < -0.3 is 5.11 Å². The van der Waals surface area contributed by atoms with Crippen molar-refractivity contribution in [1.29, 1.82) is 0 Å². The molecular weight excluding hydrogens is 275 g/mol. The maximum atomic E-state index is 13.6. The summed E-state index contributed by atoms with van der Waals surface area (Å²) in [6.07, 6.45) is 1.17. The van der Waals surface area contributed by atoms with Crippen molar-refractivity contribution in [2.45, 2.75) is 32.3 Å². The van der Waals surface area contributed by atoms with Crippen LogP contribution in [0.3, 0.4) is 0 Å². The van der Waals surface area contributed by atoms with Crippen molar-refractivity contribution in [3.63, 3.8) is 0 Å². The van der Waals surface area contributed by atoms with E-state index < -0.39 is 6.10 Å². The van der Waals surface area contributed by atoms with Gasteiger partial charge in [-0.05, 0) is 43.0 Å². The molecule has 3 heteroatoms. The molecule has 0 fully saturated rings. The Morgan fingerprint density at radius 1 is 1.20 bits per heavy atom. The fourth-order valence-corrected chi connectivity index (χ4v) is 2.40. The quantitative estimate of drug-likeness (QED) is 0.870. The second-order valence-corrected chi connectivity index (χ2v) is 5.56. The summed E-state index contributed by atoms with van der Waals surface area (Å²) in [4.78, 5) is 0. The van der Waals surface area contributed by atoms with Gasteiger partial charge in [-0.2, -0.15) is 0 Å². The van der Waals surface area contributed by atoms with Gasteiger partial charge in [0.1, 0.15) is 5.82 Å². The minimum Gasteiger partial charge on any atom is -0.393 e. The van der Waals surface area contributed by atoms with Crippen molar-refractivity contribution in [3.8, 4) is 0 Å². The van der Waals surface area contributed by atoms with Crippen LogP contribution in [0.5, 0.6) is 0 Å². The van der Waals surface area contributed by atoms with Crippen molar-refractivity contribution < 1.29 is 9.50 Å². The predicted molar refractivity (Wildman–Crippen MR) is 80.6 cm³/mol. The third kappa shape index (κ3) is 4.32. The van der Waals surface area contributed by atoms with Crippen molar-refractivity contribution >= 4 is 11.6 Å². The summed E-state index contributed by atoms with van der Waals surface area (Å²) in [6.45, 7) is 2.04. The van der Waals surface area contributed by atoms with E-state index in [1.165, 1.54) is 17.2 Å². The number of rotatable bonds is 5. The maximum absolute atomic E-state index is 13.6. The van der Waals surface area contributed by atoms with Crippen molar-refractivity contribution in [1.82, 2.24) is 0 Å². The maximum Gasteiger partial charge on any atom is 0.127 e. The van der Waals surface area contributed by atoms with E-state index in [4.69, 9.17) is 11.6 Å². The van der Waals surface area contributed by atoms with Gasteiger partial charge in [0.15, 0.2) is 0 Å². The Kier molecular flexibility index (Phi) is 5.16. The van der Waals surface area contributed by atoms with E-state index in [1.807, 2.05) is 25.1 Å². The molecule has 2 aromatic carbocycles. The van der Waals surface area contributed by atoms with Crippen molar-refractivity contribution in [3.05, 3.63) is 70.0 Å². The van der Waals surface area contributed by atoms with Gasteiger partial charge >= 0.3 is 0 Å². The fraction of sp³-hybridized carbons (Fsp3) is 0.294. The van der Waals surface area contributed by atoms with E-state index in [1.54, 1.807) is 12.1 Å². The van der Waals surface area contributed by atoms with E-state index in [0.717, 1.165) is 6.42 Å². The summed E-state index contributed by atoms with van der Waals surface area (Å²) in [7, 11) is 0. The molecule has 0 aromatic heterocycles. The second-order valence-electron chi connectivity index (χ2n) is 5.12. The van der Waals surface area contributed by atoms with Gasteiger partial charge in [0.2, 0.25) is 0 Å². The third-order valence-electron chi connectivity index (χ3n) is 3.32. The smallest absolute Gasteiger partial charge is 0.127 e. The Balaban J connectivity index is 1.90. The number of hydrogen-bond donors (Lipinski definition) is 1. The lowest BCUT2D eigenvalue weighted by molar-refractivity contribution is 0.164. The van der Waals surface area contributed by atoms with Crippen LogP contribution in [-0.4, -0.2) is 11.2 Å². The Morgan fingerprint density at radius 3 is 2.70 bits per heavy atom. The van der Waals surface area contributed by atoms with Crippen LogP contribution in [0.25, 0.3) is 0 Å². The van der Waals surface area contributed by atoms with Crippen LogP contribution in [0.2, 0.25) is 5.02 Å². The average Bonchev–Trinajstić information content (AvgIpc) is 2.40. The Labute approximate surface area is 124 Å². The number of benzene rings is 2. The molecule has 0 spiro atoms. The molecule has 2 aromatic rings. The number of halogens is 2. The molecule has 1 unspecified atom stereocenters. The highest BCUT2D eigenvalue weighted by atomic mass is 35.5. The number of aliphatic hydroxyl groups excluding tert-OH is 1. The number of aliphatic hydroxyl groups is 1. The van der Waals surface area contributed by atoms with Crippen LogP contribution < -0.4 is 0 Å². The lowest BCUT2D eigenvalue weighted by Crippen LogP contribution is -2.12. The van der Waals surface area contributed by atoms with E-state index in [-0.39, 0.29) is 5.82 Å². The number of hydrogen-bond acceptors (Lipinski definition) is 1. The minimum absolute atomic E-state index is 0.314. The van der Waals surface area contributed by atoms with Crippen molar-refractivity contribution in [2.75, 3.05) is 0 Å². The molecule has 0 aliphatic rings. The lowest BCUT2D eigenvalue weighted by atomic mass is 10.00. The molecule has 0 heterocycles. The van der Waals surface area contributed by atoms with Gasteiger partial charge in [0.25, 0.3) is 0 Å². The molecule has 1 atom stereocenters. The first-order chi connectivity index (χ1) is 9.54. The highest BCUT2D eigenvalue weighted by Gasteiger charge is 2.10. The van der Waals surface area contributed by atoms with Gasteiger partial charge in [-0.25, -0.2) is 4.39 Å². The largest absolute Gasteiger partial charge is 0.393 e. The van der Waals surface area contributed by atoms with E-state index in [0.29, 0.717) is 23.4 Å². The molecule has 0 aliphatic heterocycles. The van der Waals surface area contributed by atoms with Gasteiger partial charge in [-0.3, -0.25) is 0 Å². The molecule has 20 heavy (non-hydrogen) atoms. The predicted octanol–water partition coefficient (Wildman–Crippen LogP) is 4.32. The van der Waals surface area contributed by atoms with Crippen LogP contribution in [0.15, 0.2) is 42.5 Å². The summed E-state index contributed by atoms with van der Waals surface area (Å²) >= 11 is 5.71. The van der Waals surface area contributed by atoms with Crippen LogP contribution in [0.1, 0.15) is 23.1 Å². The summed E-state index contributed by atoms with van der Waals surface area (Å²) in [5, 5.41) is 10.4. The molecule has 0 saturated heterocycles. The van der Waals surface area contributed by atoms with Gasteiger partial charge in [-0.1, -0.05) is 47.5 Å². The van der Waals surface area contributed by atoms with Gasteiger partial charge in [0.05, 0.1) is 6.10 Å². The topological polar surface area (TPSA) is 20.2 Å². The van der Waals surface area contributed by atoms with E-state index in [2.05, 4.69) is 6.07 Å². The van der Waals surface area contributed by atoms with Crippen LogP contribution in [-0.2, 0) is 12.8 Å². The Morgan fingerprint density at radius 2 is 2.00 bits per heavy atom. The molecule has 0 saturated carbocycles. The summed E-state index contributed by atoms with van der Waals surface area (Å²) < 4.78 is 13.6. The monoisotopic (exact) mass is 292 g/mol. The Hall–Kier alpha value is -1.38. The summed E-state index contributed by atoms with van der Waals surface area (Å²) in [5.74, 6) is -0.355. The zero-order chi connectivity index (χ0) is 14.5. The van der Waals surface area contributed by atoms with E-state index >= 15 is 0 Å². The summed E-state index contributed by atoms with van der Waals surface area (Å²) in [5.41, 5.74) is 2.91. The standard InChI is InChI=1S/C17H18ClFO/c1-12-3-2-4-13(9-12)5-8-16(20)10-14-6-7-15(18)11-17(14)19/h2-4,6-7,9,11,16,20H,5,8,10H2,1H3. The van der Waals surface area contributed by atoms with Crippen LogP contribution in [0, 0.1) is 12.7 Å². The van der Waals surface area contributed by atoms with Gasteiger partial charge in [0, 0.05) is 11.4 Å². The fourth-order valence-electron chi connectivity index (χ4n) is 2.24. The normalized spacial score (nSPS) is 12.4. The highest BCUT2D eigenvalue weighted by molar-refractivity contribution is 6.30. The van der Waals surface area contributed by atoms with Crippen molar-refractivity contribution in [2.24, 2.45) is 0 Å². The molecule has 0 aliphatic carbocycles. The zero-order valence-electron chi connectivity index (χ0n) is 11.4. The van der Waals surface area contributed by atoms with E-state index in [9.17, 15) is 9.50 Å². The number of aryl methyl sites for hydroxylation is 2. The molecule has 1 N–H and O–H groups in total. The first-order valence-electron chi connectivity index (χ1n) is 6.72. The SMILES string of the molecule is Cc1cccc(CCC(O)Cc2ccc(Cl)cc2F)c1. The lowest BCUT2D eigenvalue weighted by Gasteiger charge is -2.12. The molecular formula is C17H18ClFO. The van der Waals surface area contributed by atoms with Gasteiger partial charge in [-0.15, -0.1) is 0 Å². The minimum atomic E-state index is -0.550. The first kappa shape index (κ1) is 15.0. The molecule has 106 valence electrons. The Bertz CT molecular complexity index is 583. The van der Waals surface area contributed by atoms with Crippen LogP contribution in [0.4, 0.5) is 4.39 Å². The molecule has 2 rings (SSSR count). The summed E-state index contributed by atoms with van der Waals surface area (Å²) in [6, 6.07) is 12.8.